The zero-order valence-electron chi connectivity index (χ0n) is 26.3. The van der Waals surface area contributed by atoms with Gasteiger partial charge in [-0.1, -0.05) is 88.4 Å². The van der Waals surface area contributed by atoms with Crippen LogP contribution in [0, 0.1) is 0 Å². The molecular formula is C37H47N4O2S2+. The van der Waals surface area contributed by atoms with Crippen LogP contribution < -0.4 is 10.2 Å². The Morgan fingerprint density at radius 3 is 2.49 bits per heavy atom. The third-order valence-corrected chi connectivity index (χ3v) is 9.45. The molecule has 45 heavy (non-hydrogen) atoms. The first kappa shape index (κ1) is 35.9. The minimum absolute atomic E-state index is 0.0793. The average Bonchev–Trinajstić information content (AvgIpc) is 3.07. The van der Waals surface area contributed by atoms with Gasteiger partial charge in [0, 0.05) is 55.2 Å². The SMILES string of the molecule is CCN(CCSSCCCNc1ccc(/C=C/C2CC=CC=[N+]2CC=O)cc1)c1ccc(/C=C/C=C/C=C\C=NCCO)cc1. The molecule has 2 aromatic carbocycles. The van der Waals surface area contributed by atoms with E-state index in [1.54, 1.807) is 6.21 Å². The van der Waals surface area contributed by atoms with E-state index in [0.717, 1.165) is 61.5 Å². The molecule has 0 radical (unpaired) electrons. The Bertz CT molecular complexity index is 1330. The third-order valence-electron chi connectivity index (χ3n) is 6.98. The van der Waals surface area contributed by atoms with Gasteiger partial charge in [-0.05, 0) is 67.0 Å². The summed E-state index contributed by atoms with van der Waals surface area (Å²) in [6.45, 7) is 6.14. The molecule has 2 aromatic rings. The molecule has 0 fully saturated rings. The van der Waals surface area contributed by atoms with Crippen molar-refractivity contribution >= 4 is 63.8 Å². The molecule has 8 heteroatoms. The molecule has 1 aliphatic rings. The molecule has 1 aliphatic heterocycles. The lowest BCUT2D eigenvalue weighted by atomic mass is 10.1. The highest BCUT2D eigenvalue weighted by atomic mass is 33.1. The lowest BCUT2D eigenvalue weighted by Crippen LogP contribution is -2.28. The molecule has 6 nitrogen and oxygen atoms in total. The molecular weight excluding hydrogens is 597 g/mol. The smallest absolute Gasteiger partial charge is 0.198 e. The maximum absolute atomic E-state index is 10.9. The van der Waals surface area contributed by atoms with Gasteiger partial charge in [0.25, 0.3) is 0 Å². The van der Waals surface area contributed by atoms with Crippen molar-refractivity contribution in [3.05, 3.63) is 108 Å². The highest BCUT2D eigenvalue weighted by Crippen LogP contribution is 2.24. The van der Waals surface area contributed by atoms with Crippen molar-refractivity contribution in [2.24, 2.45) is 4.99 Å². The number of hydrogen-bond donors (Lipinski definition) is 2. The summed E-state index contributed by atoms with van der Waals surface area (Å²) in [5, 5.41) is 12.2. The molecule has 0 saturated heterocycles. The highest BCUT2D eigenvalue weighted by molar-refractivity contribution is 8.76. The van der Waals surface area contributed by atoms with E-state index in [4.69, 9.17) is 5.11 Å². The van der Waals surface area contributed by atoms with Gasteiger partial charge in [0.1, 0.15) is 0 Å². The number of hydrogen-bond acceptors (Lipinski definition) is 7. The number of anilines is 2. The quantitative estimate of drug-likeness (QED) is 0.0374. The molecule has 3 rings (SSSR count). The third kappa shape index (κ3) is 14.8. The molecule has 2 N–H and O–H groups in total. The van der Waals surface area contributed by atoms with Gasteiger partial charge < -0.3 is 15.3 Å². The molecule has 0 spiro atoms. The zero-order chi connectivity index (χ0) is 31.8. The lowest BCUT2D eigenvalue weighted by Gasteiger charge is -2.23. The van der Waals surface area contributed by atoms with Gasteiger partial charge in [-0.2, -0.15) is 0 Å². The fraction of sp³-hybridized carbons (Fsp3) is 0.324. The Kier molecular flexibility index (Phi) is 18.2. The van der Waals surface area contributed by atoms with E-state index in [1.807, 2.05) is 64.3 Å². The summed E-state index contributed by atoms with van der Waals surface area (Å²) in [4.78, 5) is 17.4. The van der Waals surface area contributed by atoms with Gasteiger partial charge in [-0.15, -0.1) is 0 Å². The molecule has 1 unspecified atom stereocenters. The van der Waals surface area contributed by atoms with E-state index in [2.05, 4.69) is 99.5 Å². The summed E-state index contributed by atoms with van der Waals surface area (Å²) in [5.74, 6) is 2.21. The molecule has 1 atom stereocenters. The Morgan fingerprint density at radius 2 is 1.71 bits per heavy atom. The highest BCUT2D eigenvalue weighted by Gasteiger charge is 2.17. The Morgan fingerprint density at radius 1 is 0.978 bits per heavy atom. The number of allylic oxidation sites excluding steroid dienone is 6. The number of aliphatic hydroxyl groups excluding tert-OH is 1. The van der Waals surface area contributed by atoms with E-state index in [-0.39, 0.29) is 12.6 Å². The number of rotatable bonds is 21. The summed E-state index contributed by atoms with van der Waals surface area (Å²) in [6.07, 6.45) is 27.0. The number of aliphatic imine (C=N–C) groups is 1. The minimum atomic E-state index is 0.0793. The van der Waals surface area contributed by atoms with Crippen LogP contribution in [0.4, 0.5) is 11.4 Å². The van der Waals surface area contributed by atoms with Crippen LogP contribution in [0.5, 0.6) is 0 Å². The number of aliphatic hydroxyl groups is 1. The van der Waals surface area contributed by atoms with Crippen LogP contribution in [0.15, 0.2) is 102 Å². The van der Waals surface area contributed by atoms with Crippen molar-refractivity contribution in [3.8, 4) is 0 Å². The summed E-state index contributed by atoms with van der Waals surface area (Å²) in [6, 6.07) is 17.5. The van der Waals surface area contributed by atoms with Crippen molar-refractivity contribution in [2.75, 3.05) is 61.1 Å². The molecule has 1 heterocycles. The van der Waals surface area contributed by atoms with Crippen molar-refractivity contribution in [1.29, 1.82) is 0 Å². The summed E-state index contributed by atoms with van der Waals surface area (Å²) >= 11 is 0. The number of benzene rings is 2. The molecule has 238 valence electrons. The van der Waals surface area contributed by atoms with Gasteiger partial charge in [-0.25, -0.2) is 4.58 Å². The molecule has 0 bridgehead atoms. The van der Waals surface area contributed by atoms with Crippen LogP contribution in [0.1, 0.15) is 30.9 Å². The van der Waals surface area contributed by atoms with E-state index in [0.29, 0.717) is 13.1 Å². The Balaban J connectivity index is 1.27. The van der Waals surface area contributed by atoms with Crippen molar-refractivity contribution in [1.82, 2.24) is 0 Å². The van der Waals surface area contributed by atoms with Gasteiger partial charge >= 0.3 is 0 Å². The fourth-order valence-electron chi connectivity index (χ4n) is 4.54. The molecule has 0 amide bonds. The molecule has 0 aromatic heterocycles. The van der Waals surface area contributed by atoms with E-state index in [1.165, 1.54) is 11.3 Å². The average molecular weight is 644 g/mol. The zero-order valence-corrected chi connectivity index (χ0v) is 27.9. The predicted molar refractivity (Wildman–Crippen MR) is 200 cm³/mol. The Labute approximate surface area is 277 Å². The van der Waals surface area contributed by atoms with E-state index >= 15 is 0 Å². The number of nitrogens with zero attached hydrogens (tertiary/aromatic N) is 3. The normalized spacial score (nSPS) is 15.2. The van der Waals surface area contributed by atoms with Gasteiger partial charge in [0.05, 0.1) is 13.2 Å². The topological polar surface area (TPSA) is 67.9 Å². The minimum Gasteiger partial charge on any atom is -0.394 e. The first-order valence-corrected chi connectivity index (χ1v) is 18.1. The standard InChI is InChI=1S/C37H47N4O2S2/c1-2-40(37-21-15-33(16-22-37)11-6-4-3-5-8-23-38-25-29-42)28-32-45-44-31-10-24-39-35-18-13-34(14-19-35)17-20-36-12-7-9-26-41(36)27-30-43/h3-9,11,13-23,26,30,36,39,42H,2,10,12,24-25,27-29,31-32H2,1H3/q+1/b4-3+,8-5-,11-6+,20-17+,38-23?. The van der Waals surface area contributed by atoms with Crippen LogP contribution in [-0.4, -0.2) is 85.3 Å². The van der Waals surface area contributed by atoms with Gasteiger partial charge in [-0.3, -0.25) is 9.79 Å². The van der Waals surface area contributed by atoms with Crippen molar-refractivity contribution < 1.29 is 14.5 Å². The first-order chi connectivity index (χ1) is 22.2. The fourth-order valence-corrected chi connectivity index (χ4v) is 6.62. The number of carbonyl (C=O) groups is 1. The predicted octanol–water partition coefficient (Wildman–Crippen LogP) is 7.21. The maximum Gasteiger partial charge on any atom is 0.198 e. The molecule has 0 saturated carbocycles. The second kappa shape index (κ2) is 22.8. The van der Waals surface area contributed by atoms with Crippen LogP contribution >= 0.6 is 21.6 Å². The van der Waals surface area contributed by atoms with Crippen LogP contribution in [0.25, 0.3) is 12.2 Å². The number of nitrogens with one attached hydrogen (secondary N) is 1. The molecule has 0 aliphatic carbocycles. The van der Waals surface area contributed by atoms with Gasteiger partial charge in [0.2, 0.25) is 0 Å². The maximum atomic E-state index is 10.9. The van der Waals surface area contributed by atoms with Crippen LogP contribution in [0.2, 0.25) is 0 Å². The Hall–Kier alpha value is -3.59. The van der Waals surface area contributed by atoms with Crippen molar-refractivity contribution in [3.63, 3.8) is 0 Å². The van der Waals surface area contributed by atoms with E-state index < -0.39 is 0 Å². The van der Waals surface area contributed by atoms with E-state index in [9.17, 15) is 4.79 Å². The number of carbonyl (C=O) groups excluding carboxylic acids is 1. The van der Waals surface area contributed by atoms with Crippen LogP contribution in [-0.2, 0) is 4.79 Å². The second-order valence-electron chi connectivity index (χ2n) is 10.2. The van der Waals surface area contributed by atoms with Gasteiger partial charge in [0.15, 0.2) is 25.1 Å². The first-order valence-electron chi connectivity index (χ1n) is 15.6. The van der Waals surface area contributed by atoms with Crippen molar-refractivity contribution in [2.45, 2.75) is 25.8 Å². The monoisotopic (exact) mass is 643 g/mol. The lowest BCUT2D eigenvalue weighted by molar-refractivity contribution is -0.537. The summed E-state index contributed by atoms with van der Waals surface area (Å²) in [7, 11) is 3.91. The largest absolute Gasteiger partial charge is 0.394 e. The second-order valence-corrected chi connectivity index (χ2v) is 12.9. The summed E-state index contributed by atoms with van der Waals surface area (Å²) in [5.41, 5.74) is 4.74. The van der Waals surface area contributed by atoms with Crippen LogP contribution in [0.3, 0.4) is 0 Å². The summed E-state index contributed by atoms with van der Waals surface area (Å²) < 4.78 is 2.07. The number of aldehydes is 1.